The predicted molar refractivity (Wildman–Crippen MR) is 70.4 cm³/mol. The Kier molecular flexibility index (Phi) is 4.35. The lowest BCUT2D eigenvalue weighted by Crippen LogP contribution is -2.41. The Labute approximate surface area is 116 Å². The number of amides is 1. The van der Waals surface area contributed by atoms with Crippen LogP contribution in [0.25, 0.3) is 0 Å². The quantitative estimate of drug-likeness (QED) is 0.904. The highest BCUT2D eigenvalue weighted by Crippen LogP contribution is 2.22. The van der Waals surface area contributed by atoms with Crippen molar-refractivity contribution in [2.75, 3.05) is 27.2 Å². The summed E-state index contributed by atoms with van der Waals surface area (Å²) in [6.07, 6.45) is -0.0812. The lowest BCUT2D eigenvalue weighted by Gasteiger charge is -2.26. The van der Waals surface area contributed by atoms with Crippen LogP contribution in [0.1, 0.15) is 16.8 Å². The first kappa shape index (κ1) is 14.9. The summed E-state index contributed by atoms with van der Waals surface area (Å²) in [5.41, 5.74) is 0.0988. The van der Waals surface area contributed by atoms with Crippen molar-refractivity contribution in [3.8, 4) is 0 Å². The molecule has 0 aliphatic carbocycles. The minimum Gasteiger partial charge on any atom is -0.391 e. The topological polar surface area (TPSA) is 43.8 Å². The van der Waals surface area contributed by atoms with Crippen LogP contribution in [0, 0.1) is 11.6 Å². The molecule has 1 aliphatic heterocycles. The molecule has 1 aromatic rings. The molecule has 1 aromatic carbocycles. The lowest BCUT2D eigenvalue weighted by molar-refractivity contribution is 0.0698. The molecule has 20 heavy (non-hydrogen) atoms. The summed E-state index contributed by atoms with van der Waals surface area (Å²) in [5, 5.41) is 9.73. The van der Waals surface area contributed by atoms with Crippen molar-refractivity contribution in [3.05, 3.63) is 35.4 Å². The molecule has 0 aromatic heterocycles. The summed E-state index contributed by atoms with van der Waals surface area (Å²) in [7, 11) is 3.76. The number of benzene rings is 1. The first-order valence-corrected chi connectivity index (χ1v) is 6.47. The Bertz CT molecular complexity index is 508. The molecule has 6 heteroatoms. The number of halogens is 2. The third-order valence-corrected chi connectivity index (χ3v) is 3.40. The van der Waals surface area contributed by atoms with Crippen LogP contribution < -0.4 is 0 Å². The molecule has 1 N–H and O–H groups in total. The number of β-amino-alcohol motifs (C(OH)–C–C–N with tert-alkyl or cyclic N) is 1. The number of carbonyl (C=O) groups is 1. The second-order valence-corrected chi connectivity index (χ2v) is 5.39. The monoisotopic (exact) mass is 284 g/mol. The van der Waals surface area contributed by atoms with E-state index < -0.39 is 17.7 Å². The van der Waals surface area contributed by atoms with E-state index in [2.05, 4.69) is 0 Å². The molecule has 0 radical (unpaired) electrons. The fraction of sp³-hybridized carbons (Fsp3) is 0.500. The van der Waals surface area contributed by atoms with E-state index in [0.717, 1.165) is 12.1 Å². The van der Waals surface area contributed by atoms with Crippen molar-refractivity contribution in [1.82, 2.24) is 9.80 Å². The van der Waals surface area contributed by atoms with Crippen LogP contribution in [-0.2, 0) is 0 Å². The van der Waals surface area contributed by atoms with Crippen molar-refractivity contribution in [1.29, 1.82) is 0 Å². The van der Waals surface area contributed by atoms with E-state index in [1.165, 1.54) is 11.0 Å². The van der Waals surface area contributed by atoms with E-state index in [0.29, 0.717) is 13.0 Å². The Balaban J connectivity index is 2.19. The molecule has 1 amide bonds. The van der Waals surface area contributed by atoms with Crippen LogP contribution in [-0.4, -0.2) is 60.1 Å². The second-order valence-electron chi connectivity index (χ2n) is 5.39. The van der Waals surface area contributed by atoms with Crippen LogP contribution in [0.5, 0.6) is 0 Å². The molecule has 1 fully saturated rings. The van der Waals surface area contributed by atoms with E-state index in [-0.39, 0.29) is 24.1 Å². The summed E-state index contributed by atoms with van der Waals surface area (Å²) in [5.74, 6) is -2.40. The van der Waals surface area contributed by atoms with E-state index in [1.54, 1.807) is 0 Å². The van der Waals surface area contributed by atoms with Gasteiger partial charge in [-0.15, -0.1) is 0 Å². The zero-order valence-electron chi connectivity index (χ0n) is 11.5. The maximum absolute atomic E-state index is 13.2. The van der Waals surface area contributed by atoms with Gasteiger partial charge >= 0.3 is 0 Å². The average molecular weight is 284 g/mol. The van der Waals surface area contributed by atoms with Crippen LogP contribution in [0.2, 0.25) is 0 Å². The Morgan fingerprint density at radius 3 is 2.70 bits per heavy atom. The van der Waals surface area contributed by atoms with Gasteiger partial charge in [0, 0.05) is 24.7 Å². The van der Waals surface area contributed by atoms with Crippen molar-refractivity contribution in [2.24, 2.45) is 0 Å². The second kappa shape index (κ2) is 5.85. The molecule has 1 heterocycles. The molecule has 110 valence electrons. The SMILES string of the molecule is CN(C)CC1CC(O)CN1C(=O)c1ccc(F)c(F)c1. The molecule has 2 atom stereocenters. The van der Waals surface area contributed by atoms with Crippen molar-refractivity contribution >= 4 is 5.91 Å². The highest BCUT2D eigenvalue weighted by atomic mass is 19.2. The van der Waals surface area contributed by atoms with E-state index in [4.69, 9.17) is 0 Å². The average Bonchev–Trinajstić information content (AvgIpc) is 2.72. The molecule has 1 aliphatic rings. The molecule has 4 nitrogen and oxygen atoms in total. The normalized spacial score (nSPS) is 22.6. The highest BCUT2D eigenvalue weighted by molar-refractivity contribution is 5.94. The van der Waals surface area contributed by atoms with Crippen LogP contribution in [0.3, 0.4) is 0 Å². The minimum absolute atomic E-state index is 0.0988. The number of nitrogens with zero attached hydrogens (tertiary/aromatic N) is 2. The number of hydrogen-bond acceptors (Lipinski definition) is 3. The van der Waals surface area contributed by atoms with Crippen molar-refractivity contribution in [2.45, 2.75) is 18.6 Å². The van der Waals surface area contributed by atoms with Crippen LogP contribution in [0.4, 0.5) is 8.78 Å². The van der Waals surface area contributed by atoms with Gasteiger partial charge in [-0.05, 0) is 38.7 Å². The van der Waals surface area contributed by atoms with Gasteiger partial charge in [0.1, 0.15) is 0 Å². The van der Waals surface area contributed by atoms with Crippen LogP contribution >= 0.6 is 0 Å². The molecular weight excluding hydrogens is 266 g/mol. The van der Waals surface area contributed by atoms with Gasteiger partial charge in [0.05, 0.1) is 6.10 Å². The van der Waals surface area contributed by atoms with Gasteiger partial charge in [0.2, 0.25) is 0 Å². The predicted octanol–water partition coefficient (Wildman–Crippen LogP) is 1.10. The smallest absolute Gasteiger partial charge is 0.254 e. The maximum atomic E-state index is 13.2. The molecule has 2 unspecified atom stereocenters. The van der Waals surface area contributed by atoms with Crippen molar-refractivity contribution in [3.63, 3.8) is 0 Å². The Morgan fingerprint density at radius 2 is 2.10 bits per heavy atom. The molecule has 0 bridgehead atoms. The zero-order chi connectivity index (χ0) is 14.9. The zero-order valence-corrected chi connectivity index (χ0v) is 11.5. The highest BCUT2D eigenvalue weighted by Gasteiger charge is 2.35. The van der Waals surface area contributed by atoms with Gasteiger partial charge in [0.25, 0.3) is 5.91 Å². The molecule has 1 saturated heterocycles. The van der Waals surface area contributed by atoms with E-state index in [1.807, 2.05) is 19.0 Å². The van der Waals surface area contributed by atoms with E-state index >= 15 is 0 Å². The first-order chi connectivity index (χ1) is 9.38. The largest absolute Gasteiger partial charge is 0.391 e. The standard InChI is InChI=1S/C14H18F2N2O2/c1-17(2)7-10-6-11(19)8-18(10)14(20)9-3-4-12(15)13(16)5-9/h3-5,10-11,19H,6-8H2,1-2H3. The third-order valence-electron chi connectivity index (χ3n) is 3.40. The van der Waals surface area contributed by atoms with E-state index in [9.17, 15) is 18.7 Å². The summed E-state index contributed by atoms with van der Waals surface area (Å²) < 4.78 is 26.1. The minimum atomic E-state index is -1.04. The number of carbonyl (C=O) groups excluding carboxylic acids is 1. The van der Waals surface area contributed by atoms with Gasteiger partial charge in [0.15, 0.2) is 11.6 Å². The molecule has 0 saturated carbocycles. The first-order valence-electron chi connectivity index (χ1n) is 6.47. The summed E-state index contributed by atoms with van der Waals surface area (Å²) in [6.45, 7) is 0.836. The number of aliphatic hydroxyl groups is 1. The fourth-order valence-corrected chi connectivity index (χ4v) is 2.53. The maximum Gasteiger partial charge on any atom is 0.254 e. The third kappa shape index (κ3) is 3.13. The number of rotatable bonds is 3. The van der Waals surface area contributed by atoms with Gasteiger partial charge in [-0.3, -0.25) is 4.79 Å². The Hall–Kier alpha value is -1.53. The van der Waals surface area contributed by atoms with Crippen LogP contribution in [0.15, 0.2) is 18.2 Å². The van der Waals surface area contributed by atoms with Gasteiger partial charge < -0.3 is 14.9 Å². The number of hydrogen-bond donors (Lipinski definition) is 1. The molecule has 0 spiro atoms. The summed E-state index contributed by atoms with van der Waals surface area (Å²) in [4.78, 5) is 15.8. The van der Waals surface area contributed by atoms with Gasteiger partial charge in [-0.1, -0.05) is 0 Å². The molecule has 2 rings (SSSR count). The van der Waals surface area contributed by atoms with Crippen molar-refractivity contribution < 1.29 is 18.7 Å². The van der Waals surface area contributed by atoms with Gasteiger partial charge in [-0.2, -0.15) is 0 Å². The lowest BCUT2D eigenvalue weighted by atomic mass is 10.1. The summed E-state index contributed by atoms with van der Waals surface area (Å²) >= 11 is 0. The fourth-order valence-electron chi connectivity index (χ4n) is 2.53. The number of likely N-dealkylation sites (N-methyl/N-ethyl adjacent to an activating group) is 1. The summed E-state index contributed by atoms with van der Waals surface area (Å²) in [6, 6.07) is 2.98. The number of likely N-dealkylation sites (tertiary alicyclic amines) is 1. The number of aliphatic hydroxyl groups excluding tert-OH is 1. The van der Waals surface area contributed by atoms with Gasteiger partial charge in [-0.25, -0.2) is 8.78 Å². The Morgan fingerprint density at radius 1 is 1.40 bits per heavy atom. The molecular formula is C14H18F2N2O2.